The molecule has 30 heavy (non-hydrogen) atoms. The van der Waals surface area contributed by atoms with Crippen molar-refractivity contribution in [2.24, 2.45) is 0 Å². The Kier molecular flexibility index (Phi) is 5.88. The fraction of sp³-hybridized carbons (Fsp3) is 0.565. The van der Waals surface area contributed by atoms with E-state index in [9.17, 15) is 19.2 Å². The SMILES string of the molecule is O=C(CCC(=O)c1ccc2c(c1)CCC2)NCCCN1C(=O)NC2(CCCC2)C1=O. The van der Waals surface area contributed by atoms with Crippen molar-refractivity contribution >= 4 is 23.6 Å². The lowest BCUT2D eigenvalue weighted by atomic mass is 9.98. The number of carbonyl (C=O) groups is 4. The molecule has 1 spiro atoms. The van der Waals surface area contributed by atoms with Gasteiger partial charge in [-0.05, 0) is 55.7 Å². The second-order valence-corrected chi connectivity index (χ2v) is 8.64. The summed E-state index contributed by atoms with van der Waals surface area (Å²) in [6.45, 7) is 0.663. The van der Waals surface area contributed by atoms with E-state index in [-0.39, 0.29) is 36.5 Å². The molecular formula is C23H29N3O4. The Morgan fingerprint density at radius 2 is 1.80 bits per heavy atom. The number of nitrogens with one attached hydrogen (secondary N) is 2. The molecule has 7 heteroatoms. The standard InChI is InChI=1S/C23H29N3O4/c27-19(18-8-7-16-5-3-6-17(16)15-18)9-10-20(28)24-13-4-14-26-21(29)23(25-22(26)30)11-1-2-12-23/h7-8,15H,1-6,9-14H2,(H,24,28)(H,25,30). The van der Waals surface area contributed by atoms with Crippen LogP contribution in [-0.4, -0.2) is 47.2 Å². The van der Waals surface area contributed by atoms with E-state index < -0.39 is 5.54 Å². The van der Waals surface area contributed by atoms with Gasteiger partial charge < -0.3 is 10.6 Å². The molecule has 160 valence electrons. The van der Waals surface area contributed by atoms with Crippen molar-refractivity contribution in [1.82, 2.24) is 15.5 Å². The molecular weight excluding hydrogens is 382 g/mol. The van der Waals surface area contributed by atoms with E-state index in [0.717, 1.165) is 32.1 Å². The van der Waals surface area contributed by atoms with Crippen LogP contribution in [0.3, 0.4) is 0 Å². The third kappa shape index (κ3) is 4.11. The van der Waals surface area contributed by atoms with Crippen LogP contribution in [0.25, 0.3) is 0 Å². The molecule has 3 aliphatic rings. The highest BCUT2D eigenvalue weighted by molar-refractivity contribution is 6.07. The van der Waals surface area contributed by atoms with E-state index in [4.69, 9.17) is 0 Å². The maximum Gasteiger partial charge on any atom is 0.325 e. The number of rotatable bonds is 8. The number of Topliss-reactive ketones (excluding diaryl/α,β-unsaturated/α-hetero) is 1. The Balaban J connectivity index is 1.16. The Morgan fingerprint density at radius 3 is 2.60 bits per heavy atom. The highest BCUT2D eigenvalue weighted by Gasteiger charge is 2.51. The van der Waals surface area contributed by atoms with Crippen LogP contribution in [0.4, 0.5) is 4.79 Å². The molecule has 2 N–H and O–H groups in total. The Bertz CT molecular complexity index is 873. The zero-order valence-corrected chi connectivity index (χ0v) is 17.3. The molecule has 1 heterocycles. The summed E-state index contributed by atoms with van der Waals surface area (Å²) in [6, 6.07) is 5.53. The van der Waals surface area contributed by atoms with Crippen LogP contribution in [0.2, 0.25) is 0 Å². The molecule has 1 saturated heterocycles. The minimum atomic E-state index is -0.682. The van der Waals surface area contributed by atoms with E-state index in [1.165, 1.54) is 16.0 Å². The van der Waals surface area contributed by atoms with Crippen LogP contribution in [0, 0.1) is 0 Å². The van der Waals surface area contributed by atoms with Crippen molar-refractivity contribution in [3.63, 3.8) is 0 Å². The first-order valence-electron chi connectivity index (χ1n) is 11.0. The highest BCUT2D eigenvalue weighted by Crippen LogP contribution is 2.35. The van der Waals surface area contributed by atoms with E-state index in [1.807, 2.05) is 18.2 Å². The van der Waals surface area contributed by atoms with E-state index >= 15 is 0 Å². The van der Waals surface area contributed by atoms with Crippen LogP contribution in [0.5, 0.6) is 0 Å². The zero-order chi connectivity index (χ0) is 21.1. The molecule has 2 aliphatic carbocycles. The minimum absolute atomic E-state index is 0.0129. The van der Waals surface area contributed by atoms with Gasteiger partial charge in [-0.1, -0.05) is 25.0 Å². The topological polar surface area (TPSA) is 95.6 Å². The number of benzene rings is 1. The van der Waals surface area contributed by atoms with Gasteiger partial charge in [0.2, 0.25) is 5.91 Å². The van der Waals surface area contributed by atoms with E-state index in [1.54, 1.807) is 0 Å². The summed E-state index contributed by atoms with van der Waals surface area (Å²) in [6.07, 6.45) is 7.41. The van der Waals surface area contributed by atoms with Crippen molar-refractivity contribution < 1.29 is 19.2 Å². The second kappa shape index (κ2) is 8.58. The lowest BCUT2D eigenvalue weighted by Gasteiger charge is -2.20. The summed E-state index contributed by atoms with van der Waals surface area (Å²) in [5.41, 5.74) is 2.58. The van der Waals surface area contributed by atoms with Gasteiger partial charge >= 0.3 is 6.03 Å². The molecule has 1 aliphatic heterocycles. The van der Waals surface area contributed by atoms with Crippen molar-refractivity contribution in [3.05, 3.63) is 34.9 Å². The summed E-state index contributed by atoms with van der Waals surface area (Å²) in [7, 11) is 0. The Hall–Kier alpha value is -2.70. The molecule has 1 aromatic rings. The third-order valence-electron chi connectivity index (χ3n) is 6.58. The number of urea groups is 1. The lowest BCUT2D eigenvalue weighted by molar-refractivity contribution is -0.131. The van der Waals surface area contributed by atoms with Gasteiger partial charge in [0.1, 0.15) is 5.54 Å². The average Bonchev–Trinajstić information content (AvgIpc) is 3.45. The zero-order valence-electron chi connectivity index (χ0n) is 17.3. The van der Waals surface area contributed by atoms with Crippen molar-refractivity contribution in [3.8, 4) is 0 Å². The summed E-state index contributed by atoms with van der Waals surface area (Å²) < 4.78 is 0. The first-order chi connectivity index (χ1) is 14.5. The van der Waals surface area contributed by atoms with Gasteiger partial charge in [-0.2, -0.15) is 0 Å². The van der Waals surface area contributed by atoms with Crippen LogP contribution in [0.15, 0.2) is 18.2 Å². The van der Waals surface area contributed by atoms with Crippen molar-refractivity contribution in [2.75, 3.05) is 13.1 Å². The number of fused-ring (bicyclic) bond motifs is 1. The molecule has 0 atom stereocenters. The van der Waals surface area contributed by atoms with E-state index in [2.05, 4.69) is 10.6 Å². The monoisotopic (exact) mass is 411 g/mol. The predicted molar refractivity (Wildman–Crippen MR) is 111 cm³/mol. The maximum absolute atomic E-state index is 12.6. The van der Waals surface area contributed by atoms with Gasteiger partial charge in [0.15, 0.2) is 5.78 Å². The first-order valence-corrected chi connectivity index (χ1v) is 11.0. The normalized spacial score (nSPS) is 19.3. The number of carbonyl (C=O) groups excluding carboxylic acids is 4. The number of hydrogen-bond donors (Lipinski definition) is 2. The summed E-state index contributed by atoms with van der Waals surface area (Å²) in [5.74, 6) is -0.328. The molecule has 0 radical (unpaired) electrons. The van der Waals surface area contributed by atoms with Gasteiger partial charge in [0.05, 0.1) is 0 Å². The Labute approximate surface area is 176 Å². The van der Waals surface area contributed by atoms with Crippen molar-refractivity contribution in [2.45, 2.75) is 69.7 Å². The average molecular weight is 412 g/mol. The number of ketones is 1. The molecule has 4 amide bonds. The predicted octanol–water partition coefficient (Wildman–Crippen LogP) is 2.51. The molecule has 7 nitrogen and oxygen atoms in total. The number of aryl methyl sites for hydroxylation is 2. The van der Waals surface area contributed by atoms with Crippen LogP contribution < -0.4 is 10.6 Å². The van der Waals surface area contributed by atoms with Gasteiger partial charge in [-0.15, -0.1) is 0 Å². The smallest absolute Gasteiger partial charge is 0.325 e. The summed E-state index contributed by atoms with van der Waals surface area (Å²) in [5, 5.41) is 5.64. The van der Waals surface area contributed by atoms with Gasteiger partial charge in [0, 0.05) is 31.5 Å². The quantitative estimate of drug-likeness (QED) is 0.390. The largest absolute Gasteiger partial charge is 0.356 e. The van der Waals surface area contributed by atoms with Crippen molar-refractivity contribution in [1.29, 1.82) is 0 Å². The molecule has 1 aromatic carbocycles. The molecule has 4 rings (SSSR count). The van der Waals surface area contributed by atoms with Gasteiger partial charge in [0.25, 0.3) is 5.91 Å². The Morgan fingerprint density at radius 1 is 1.03 bits per heavy atom. The number of imide groups is 1. The second-order valence-electron chi connectivity index (χ2n) is 8.64. The molecule has 2 fully saturated rings. The number of nitrogens with zero attached hydrogens (tertiary/aromatic N) is 1. The third-order valence-corrected chi connectivity index (χ3v) is 6.58. The highest BCUT2D eigenvalue weighted by atomic mass is 16.2. The van der Waals surface area contributed by atoms with Gasteiger partial charge in [-0.3, -0.25) is 19.3 Å². The molecule has 0 aromatic heterocycles. The minimum Gasteiger partial charge on any atom is -0.356 e. The molecule has 0 unspecified atom stereocenters. The van der Waals surface area contributed by atoms with Crippen LogP contribution in [-0.2, 0) is 22.4 Å². The van der Waals surface area contributed by atoms with E-state index in [0.29, 0.717) is 37.9 Å². The summed E-state index contributed by atoms with van der Waals surface area (Å²) in [4.78, 5) is 50.4. The maximum atomic E-state index is 12.6. The lowest BCUT2D eigenvalue weighted by Crippen LogP contribution is -2.44. The van der Waals surface area contributed by atoms with Crippen LogP contribution in [0.1, 0.15) is 72.9 Å². The fourth-order valence-electron chi connectivity index (χ4n) is 4.87. The van der Waals surface area contributed by atoms with Crippen LogP contribution >= 0.6 is 0 Å². The summed E-state index contributed by atoms with van der Waals surface area (Å²) >= 11 is 0. The van der Waals surface area contributed by atoms with Gasteiger partial charge in [-0.25, -0.2) is 4.79 Å². The fourth-order valence-corrected chi connectivity index (χ4v) is 4.87. The molecule has 0 bridgehead atoms. The first kappa shape index (κ1) is 20.6. The number of hydrogen-bond acceptors (Lipinski definition) is 4. The number of amides is 4. The molecule has 1 saturated carbocycles.